The van der Waals surface area contributed by atoms with Crippen LogP contribution in [0.1, 0.15) is 26.7 Å². The number of rotatable bonds is 3. The van der Waals surface area contributed by atoms with E-state index in [1.54, 1.807) is 0 Å². The fourth-order valence-electron chi connectivity index (χ4n) is 2.56. The van der Waals surface area contributed by atoms with Gasteiger partial charge in [-0.3, -0.25) is 0 Å². The molecule has 8 nitrogen and oxygen atoms in total. The minimum absolute atomic E-state index is 0.0101. The molecule has 0 saturated carbocycles. The summed E-state index contributed by atoms with van der Waals surface area (Å²) >= 11 is 0. The molecule has 2 amide bonds. The molecule has 3 rings (SSSR count). The zero-order valence-corrected chi connectivity index (χ0v) is 12.7. The molecule has 116 valence electrons. The summed E-state index contributed by atoms with van der Waals surface area (Å²) in [6, 6.07) is 0.759. The molecule has 1 unspecified atom stereocenters. The molecule has 0 spiro atoms. The summed E-state index contributed by atoms with van der Waals surface area (Å²) in [5.74, 6) is 0.586. The van der Waals surface area contributed by atoms with Crippen molar-refractivity contribution >= 4 is 12.0 Å². The third-order valence-electron chi connectivity index (χ3n) is 3.73. The smallest absolute Gasteiger partial charge is 0.318 e. The highest BCUT2D eigenvalue weighted by Gasteiger charge is 2.36. The van der Waals surface area contributed by atoms with Crippen LogP contribution in [0.2, 0.25) is 0 Å². The summed E-state index contributed by atoms with van der Waals surface area (Å²) in [5, 5.41) is 14.4. The average Bonchev–Trinajstić information content (AvgIpc) is 3.03. The Morgan fingerprint density at radius 1 is 1.38 bits per heavy atom. The third-order valence-corrected chi connectivity index (χ3v) is 3.73. The Morgan fingerprint density at radius 2 is 2.19 bits per heavy atom. The maximum atomic E-state index is 11.6. The Kier molecular flexibility index (Phi) is 3.48. The zero-order chi connectivity index (χ0) is 15.0. The maximum absolute atomic E-state index is 11.6. The van der Waals surface area contributed by atoms with Gasteiger partial charge in [0.25, 0.3) is 0 Å². The van der Waals surface area contributed by atoms with E-state index in [1.165, 1.54) is 0 Å². The van der Waals surface area contributed by atoms with Crippen LogP contribution in [-0.4, -0.2) is 58.9 Å². The van der Waals surface area contributed by atoms with Crippen LogP contribution in [0.3, 0.4) is 0 Å². The van der Waals surface area contributed by atoms with E-state index in [1.807, 2.05) is 4.90 Å². The van der Waals surface area contributed by atoms with Gasteiger partial charge in [0.05, 0.1) is 12.6 Å². The van der Waals surface area contributed by atoms with Crippen LogP contribution in [0.4, 0.5) is 10.8 Å². The molecule has 1 aromatic rings. The second kappa shape index (κ2) is 5.18. The number of carbonyl (C=O) groups excluding carboxylic acids is 1. The topological polar surface area (TPSA) is 86.5 Å². The number of anilines is 1. The molecule has 2 saturated heterocycles. The highest BCUT2D eigenvalue weighted by molar-refractivity contribution is 5.77. The van der Waals surface area contributed by atoms with Crippen molar-refractivity contribution in [1.29, 1.82) is 0 Å². The van der Waals surface area contributed by atoms with Crippen LogP contribution in [0.25, 0.3) is 0 Å². The van der Waals surface area contributed by atoms with E-state index < -0.39 is 0 Å². The molecule has 21 heavy (non-hydrogen) atoms. The maximum Gasteiger partial charge on any atom is 0.318 e. The standard InChI is InChI=1S/C13H22N6O2/c1-13(2,3)15-7-10-16-17-12(21-10)18-4-5-19-9(8-18)6-14-11(19)20/h9,15H,4-8H2,1-3H3,(H,14,20). The van der Waals surface area contributed by atoms with Gasteiger partial charge in [-0.1, -0.05) is 5.10 Å². The first kappa shape index (κ1) is 14.1. The lowest BCUT2D eigenvalue weighted by Crippen LogP contribution is -2.52. The zero-order valence-electron chi connectivity index (χ0n) is 12.7. The summed E-state index contributed by atoms with van der Waals surface area (Å²) < 4.78 is 5.71. The lowest BCUT2D eigenvalue weighted by molar-refractivity contribution is 0.196. The summed E-state index contributed by atoms with van der Waals surface area (Å²) in [7, 11) is 0. The summed E-state index contributed by atoms with van der Waals surface area (Å²) in [6.45, 7) is 9.65. The van der Waals surface area contributed by atoms with Gasteiger partial charge in [0.2, 0.25) is 5.89 Å². The van der Waals surface area contributed by atoms with Gasteiger partial charge in [-0.05, 0) is 20.8 Å². The first-order valence-corrected chi connectivity index (χ1v) is 7.29. The number of nitrogens with zero attached hydrogens (tertiary/aromatic N) is 4. The number of nitrogens with one attached hydrogen (secondary N) is 2. The number of hydrogen-bond acceptors (Lipinski definition) is 6. The monoisotopic (exact) mass is 294 g/mol. The Hall–Kier alpha value is -1.83. The molecule has 8 heteroatoms. The SMILES string of the molecule is CC(C)(C)NCc1nnc(N2CCN3C(=O)NCC3C2)o1. The molecular formula is C13H22N6O2. The van der Waals surface area contributed by atoms with Crippen molar-refractivity contribution in [3.8, 4) is 0 Å². The van der Waals surface area contributed by atoms with E-state index >= 15 is 0 Å². The summed E-state index contributed by atoms with van der Waals surface area (Å²) in [4.78, 5) is 15.5. The van der Waals surface area contributed by atoms with Crippen LogP contribution in [0.5, 0.6) is 0 Å². The molecule has 2 fully saturated rings. The van der Waals surface area contributed by atoms with Crippen LogP contribution in [-0.2, 0) is 6.54 Å². The number of amides is 2. The second-order valence-corrected chi connectivity index (χ2v) is 6.56. The number of hydrogen-bond donors (Lipinski definition) is 2. The molecule has 1 atom stereocenters. The molecule has 0 bridgehead atoms. The van der Waals surface area contributed by atoms with Crippen molar-refractivity contribution in [2.24, 2.45) is 0 Å². The number of carbonyl (C=O) groups is 1. The summed E-state index contributed by atoms with van der Waals surface area (Å²) in [5.41, 5.74) is 0.0101. The Bertz CT molecular complexity index is 523. The minimum atomic E-state index is 0.0101. The van der Waals surface area contributed by atoms with Gasteiger partial charge in [0.15, 0.2) is 0 Å². The summed E-state index contributed by atoms with van der Waals surface area (Å²) in [6.07, 6.45) is 0. The normalized spacial score (nSPS) is 22.4. The predicted octanol–water partition coefficient (Wildman–Crippen LogP) is 0.172. The fraction of sp³-hybridized carbons (Fsp3) is 0.769. The fourth-order valence-corrected chi connectivity index (χ4v) is 2.56. The quantitative estimate of drug-likeness (QED) is 0.826. The second-order valence-electron chi connectivity index (χ2n) is 6.56. The van der Waals surface area contributed by atoms with Gasteiger partial charge in [-0.15, -0.1) is 5.10 Å². The minimum Gasteiger partial charge on any atom is -0.407 e. The van der Waals surface area contributed by atoms with Crippen LogP contribution < -0.4 is 15.5 Å². The molecule has 2 aliphatic heterocycles. The Labute approximate surface area is 123 Å². The van der Waals surface area contributed by atoms with Crippen molar-refractivity contribution in [1.82, 2.24) is 25.7 Å². The largest absolute Gasteiger partial charge is 0.407 e. The van der Waals surface area contributed by atoms with Crippen molar-refractivity contribution in [3.05, 3.63) is 5.89 Å². The lowest BCUT2D eigenvalue weighted by atomic mass is 10.1. The molecule has 0 aromatic carbocycles. The molecule has 2 aliphatic rings. The van der Waals surface area contributed by atoms with Gasteiger partial charge >= 0.3 is 12.0 Å². The molecular weight excluding hydrogens is 272 g/mol. The molecule has 2 N–H and O–H groups in total. The van der Waals surface area contributed by atoms with Crippen molar-refractivity contribution < 1.29 is 9.21 Å². The van der Waals surface area contributed by atoms with Gasteiger partial charge in [0.1, 0.15) is 0 Å². The van der Waals surface area contributed by atoms with Gasteiger partial charge in [-0.25, -0.2) is 4.79 Å². The molecule has 3 heterocycles. The average molecular weight is 294 g/mol. The van der Waals surface area contributed by atoms with E-state index in [4.69, 9.17) is 4.42 Å². The molecule has 0 aliphatic carbocycles. The van der Waals surface area contributed by atoms with E-state index in [0.717, 1.165) is 13.1 Å². The first-order chi connectivity index (χ1) is 9.92. The Morgan fingerprint density at radius 3 is 2.95 bits per heavy atom. The number of piperazine rings is 1. The van der Waals surface area contributed by atoms with Crippen LogP contribution in [0, 0.1) is 0 Å². The van der Waals surface area contributed by atoms with E-state index in [0.29, 0.717) is 31.5 Å². The van der Waals surface area contributed by atoms with E-state index in [9.17, 15) is 4.79 Å². The third kappa shape index (κ3) is 3.10. The van der Waals surface area contributed by atoms with Crippen molar-refractivity contribution in [3.63, 3.8) is 0 Å². The molecule has 1 aromatic heterocycles. The predicted molar refractivity (Wildman–Crippen MR) is 77.0 cm³/mol. The van der Waals surface area contributed by atoms with E-state index in [2.05, 4.69) is 46.5 Å². The van der Waals surface area contributed by atoms with Crippen LogP contribution >= 0.6 is 0 Å². The van der Waals surface area contributed by atoms with Gasteiger partial charge in [0, 0.05) is 31.7 Å². The van der Waals surface area contributed by atoms with Crippen molar-refractivity contribution in [2.75, 3.05) is 31.1 Å². The molecule has 0 radical (unpaired) electrons. The number of fused-ring (bicyclic) bond motifs is 1. The van der Waals surface area contributed by atoms with Gasteiger partial charge in [-0.2, -0.15) is 0 Å². The lowest BCUT2D eigenvalue weighted by Gasteiger charge is -2.35. The van der Waals surface area contributed by atoms with E-state index in [-0.39, 0.29) is 17.6 Å². The first-order valence-electron chi connectivity index (χ1n) is 7.29. The van der Waals surface area contributed by atoms with Crippen molar-refractivity contribution in [2.45, 2.75) is 38.9 Å². The Balaban J connectivity index is 1.60. The van der Waals surface area contributed by atoms with Crippen LogP contribution in [0.15, 0.2) is 4.42 Å². The highest BCUT2D eigenvalue weighted by Crippen LogP contribution is 2.20. The van der Waals surface area contributed by atoms with Gasteiger partial charge < -0.3 is 24.9 Å². The number of urea groups is 1. The highest BCUT2D eigenvalue weighted by atomic mass is 16.4. The number of aromatic nitrogens is 2.